The minimum absolute atomic E-state index is 0.00440. The molecule has 1 N–H and O–H groups in total. The van der Waals surface area contributed by atoms with Crippen LogP contribution in [0.25, 0.3) is 0 Å². The average Bonchev–Trinajstić information content (AvgIpc) is 2.95. The van der Waals surface area contributed by atoms with Crippen LogP contribution in [0, 0.1) is 6.92 Å². The molecule has 0 unspecified atom stereocenters. The first-order valence-electron chi connectivity index (χ1n) is 10.2. The Bertz CT molecular complexity index is 853. The summed E-state index contributed by atoms with van der Waals surface area (Å²) < 4.78 is 4.90. The second-order valence-electron chi connectivity index (χ2n) is 7.27. The second-order valence-corrected chi connectivity index (χ2v) is 7.27. The molecule has 3 rings (SSSR count). The van der Waals surface area contributed by atoms with Crippen molar-refractivity contribution in [3.63, 3.8) is 0 Å². The predicted octanol–water partition coefficient (Wildman–Crippen LogP) is 3.91. The van der Waals surface area contributed by atoms with Gasteiger partial charge in [0, 0.05) is 44.0 Å². The highest BCUT2D eigenvalue weighted by Crippen LogP contribution is 2.16. The molecule has 0 saturated carbocycles. The molecule has 0 spiro atoms. The van der Waals surface area contributed by atoms with Gasteiger partial charge in [0.25, 0.3) is 5.91 Å². The molecule has 1 heterocycles. The van der Waals surface area contributed by atoms with Gasteiger partial charge in [0.2, 0.25) is 0 Å². The number of rotatable bonds is 5. The van der Waals surface area contributed by atoms with E-state index in [0.29, 0.717) is 24.4 Å². The van der Waals surface area contributed by atoms with Crippen LogP contribution >= 0.6 is 0 Å². The maximum Gasteiger partial charge on any atom is 0.411 e. The van der Waals surface area contributed by atoms with Crippen molar-refractivity contribution in [3.05, 3.63) is 65.2 Å². The van der Waals surface area contributed by atoms with E-state index in [9.17, 15) is 9.59 Å². The van der Waals surface area contributed by atoms with E-state index in [4.69, 9.17) is 4.74 Å². The van der Waals surface area contributed by atoms with Crippen molar-refractivity contribution >= 4 is 17.7 Å². The third kappa shape index (κ3) is 5.81. The van der Waals surface area contributed by atoms with Crippen molar-refractivity contribution in [3.8, 4) is 0 Å². The molecule has 0 aromatic heterocycles. The Balaban J connectivity index is 1.60. The van der Waals surface area contributed by atoms with E-state index in [0.717, 1.165) is 32.6 Å². The highest BCUT2D eigenvalue weighted by molar-refractivity contribution is 5.96. The zero-order chi connectivity index (χ0) is 20.6. The summed E-state index contributed by atoms with van der Waals surface area (Å²) in [6.45, 7) is 8.36. The predicted molar refractivity (Wildman–Crippen MR) is 114 cm³/mol. The number of ether oxygens (including phenoxy) is 1. The molecule has 2 amide bonds. The molecule has 154 valence electrons. The van der Waals surface area contributed by atoms with Crippen LogP contribution in [0.2, 0.25) is 0 Å². The number of carbonyl (C=O) groups excluding carboxylic acids is 2. The van der Waals surface area contributed by atoms with E-state index in [1.807, 2.05) is 4.90 Å². The summed E-state index contributed by atoms with van der Waals surface area (Å²) in [5.41, 5.74) is 3.78. The normalized spacial score (nSPS) is 14.9. The molecule has 1 aliphatic heterocycles. The molecule has 1 saturated heterocycles. The lowest BCUT2D eigenvalue weighted by atomic mass is 10.1. The quantitative estimate of drug-likeness (QED) is 0.834. The molecular weight excluding hydrogens is 366 g/mol. The van der Waals surface area contributed by atoms with Gasteiger partial charge < -0.3 is 9.64 Å². The van der Waals surface area contributed by atoms with E-state index in [-0.39, 0.29) is 5.91 Å². The molecule has 6 nitrogen and oxygen atoms in total. The summed E-state index contributed by atoms with van der Waals surface area (Å²) in [7, 11) is 0. The fraction of sp³-hybridized carbons (Fsp3) is 0.391. The van der Waals surface area contributed by atoms with Crippen LogP contribution in [0.4, 0.5) is 10.5 Å². The van der Waals surface area contributed by atoms with Crippen molar-refractivity contribution < 1.29 is 14.3 Å². The number of anilines is 1. The first kappa shape index (κ1) is 20.9. The van der Waals surface area contributed by atoms with Gasteiger partial charge in [-0.05, 0) is 49.6 Å². The van der Waals surface area contributed by atoms with Crippen LogP contribution in [-0.2, 0) is 11.3 Å². The summed E-state index contributed by atoms with van der Waals surface area (Å²) in [6, 6.07) is 15.5. The lowest BCUT2D eigenvalue weighted by Crippen LogP contribution is -2.35. The van der Waals surface area contributed by atoms with Gasteiger partial charge in [-0.25, -0.2) is 4.79 Å². The highest BCUT2D eigenvalue weighted by Gasteiger charge is 2.21. The molecule has 0 aliphatic carbocycles. The zero-order valence-corrected chi connectivity index (χ0v) is 17.2. The Morgan fingerprint density at radius 3 is 2.66 bits per heavy atom. The fourth-order valence-electron chi connectivity index (χ4n) is 3.56. The molecule has 1 aliphatic rings. The average molecular weight is 396 g/mol. The van der Waals surface area contributed by atoms with Crippen LogP contribution in [-0.4, -0.2) is 54.6 Å². The zero-order valence-electron chi connectivity index (χ0n) is 17.2. The molecule has 2 aromatic carbocycles. The third-order valence-corrected chi connectivity index (χ3v) is 5.16. The van der Waals surface area contributed by atoms with Gasteiger partial charge in [0.05, 0.1) is 6.61 Å². The van der Waals surface area contributed by atoms with E-state index in [1.165, 1.54) is 11.1 Å². The minimum Gasteiger partial charge on any atom is -0.450 e. The lowest BCUT2D eigenvalue weighted by Gasteiger charge is -2.23. The van der Waals surface area contributed by atoms with Crippen molar-refractivity contribution in [2.75, 3.05) is 38.1 Å². The van der Waals surface area contributed by atoms with Gasteiger partial charge in [0.15, 0.2) is 0 Å². The van der Waals surface area contributed by atoms with Gasteiger partial charge in [0.1, 0.15) is 0 Å². The Morgan fingerprint density at radius 1 is 1.03 bits per heavy atom. The number of aryl methyl sites for hydroxylation is 1. The Hall–Kier alpha value is -2.86. The summed E-state index contributed by atoms with van der Waals surface area (Å²) in [6.07, 6.45) is 0.428. The van der Waals surface area contributed by atoms with Crippen molar-refractivity contribution in [1.29, 1.82) is 0 Å². The Kier molecular flexibility index (Phi) is 7.25. The monoisotopic (exact) mass is 395 g/mol. The maximum atomic E-state index is 13.0. The standard InChI is InChI=1S/C23H29N3O3/c1-3-29-23(28)24-21-11-6-10-19(16-21)22(27)26-13-7-12-25(14-15-26)17-20-9-5-4-8-18(20)2/h4-6,8-11,16H,3,7,12-15,17H2,1-2H3,(H,24,28). The molecule has 29 heavy (non-hydrogen) atoms. The molecule has 0 bridgehead atoms. The number of nitrogens with zero attached hydrogens (tertiary/aromatic N) is 2. The second kappa shape index (κ2) is 10.1. The largest absolute Gasteiger partial charge is 0.450 e. The summed E-state index contributed by atoms with van der Waals surface area (Å²) in [5.74, 6) is -0.00440. The summed E-state index contributed by atoms with van der Waals surface area (Å²) >= 11 is 0. The number of hydrogen-bond acceptors (Lipinski definition) is 4. The number of benzene rings is 2. The summed E-state index contributed by atoms with van der Waals surface area (Å²) in [4.78, 5) is 28.9. The maximum absolute atomic E-state index is 13.0. The van der Waals surface area contributed by atoms with Crippen LogP contribution in [0.3, 0.4) is 0 Å². The first-order valence-corrected chi connectivity index (χ1v) is 10.2. The number of carbonyl (C=O) groups is 2. The SMILES string of the molecule is CCOC(=O)Nc1cccc(C(=O)N2CCCN(Cc3ccccc3C)CC2)c1. The smallest absolute Gasteiger partial charge is 0.411 e. The summed E-state index contributed by atoms with van der Waals surface area (Å²) in [5, 5.41) is 2.65. The molecular formula is C23H29N3O3. The molecule has 0 radical (unpaired) electrons. The van der Waals surface area contributed by atoms with Crippen LogP contribution in [0.15, 0.2) is 48.5 Å². The van der Waals surface area contributed by atoms with E-state index in [2.05, 4.69) is 41.4 Å². The third-order valence-electron chi connectivity index (χ3n) is 5.16. The van der Waals surface area contributed by atoms with Gasteiger partial charge in [-0.3, -0.25) is 15.0 Å². The van der Waals surface area contributed by atoms with Gasteiger partial charge in [-0.2, -0.15) is 0 Å². The van der Waals surface area contributed by atoms with Crippen molar-refractivity contribution in [2.45, 2.75) is 26.8 Å². The van der Waals surface area contributed by atoms with Crippen LogP contribution in [0.5, 0.6) is 0 Å². The Labute approximate surface area is 172 Å². The van der Waals surface area contributed by atoms with Gasteiger partial charge >= 0.3 is 6.09 Å². The highest BCUT2D eigenvalue weighted by atomic mass is 16.5. The number of amides is 2. The Morgan fingerprint density at radius 2 is 1.86 bits per heavy atom. The van der Waals surface area contributed by atoms with Crippen LogP contribution in [0.1, 0.15) is 34.8 Å². The topological polar surface area (TPSA) is 61.9 Å². The lowest BCUT2D eigenvalue weighted by molar-refractivity contribution is 0.0761. The van der Waals surface area contributed by atoms with Gasteiger partial charge in [-0.15, -0.1) is 0 Å². The van der Waals surface area contributed by atoms with Gasteiger partial charge in [-0.1, -0.05) is 30.3 Å². The molecule has 6 heteroatoms. The van der Waals surface area contributed by atoms with Crippen molar-refractivity contribution in [2.24, 2.45) is 0 Å². The van der Waals surface area contributed by atoms with E-state index in [1.54, 1.807) is 31.2 Å². The van der Waals surface area contributed by atoms with E-state index < -0.39 is 6.09 Å². The van der Waals surface area contributed by atoms with Crippen molar-refractivity contribution in [1.82, 2.24) is 9.80 Å². The molecule has 0 atom stereocenters. The molecule has 2 aromatic rings. The number of nitrogens with one attached hydrogen (secondary N) is 1. The fourth-order valence-corrected chi connectivity index (χ4v) is 3.56. The number of hydrogen-bond donors (Lipinski definition) is 1. The van der Waals surface area contributed by atoms with Crippen LogP contribution < -0.4 is 5.32 Å². The first-order chi connectivity index (χ1) is 14.1. The van der Waals surface area contributed by atoms with E-state index >= 15 is 0 Å². The molecule has 1 fully saturated rings. The minimum atomic E-state index is -0.515.